The zero-order valence-corrected chi connectivity index (χ0v) is 20.4. The summed E-state index contributed by atoms with van der Waals surface area (Å²) in [4.78, 5) is 17.0. The molecule has 2 heterocycles. The Kier molecular flexibility index (Phi) is 7.47. The van der Waals surface area contributed by atoms with Gasteiger partial charge in [-0.25, -0.2) is 8.42 Å². The minimum Gasteiger partial charge on any atom is -0.494 e. The minimum absolute atomic E-state index is 0.209. The first-order valence-corrected chi connectivity index (χ1v) is 13.3. The van der Waals surface area contributed by atoms with Gasteiger partial charge in [0.1, 0.15) is 12.3 Å². The molecule has 1 amide bonds. The van der Waals surface area contributed by atoms with E-state index in [9.17, 15) is 13.2 Å². The number of amides is 1. The molecular weight excluding hydrogens is 458 g/mol. The van der Waals surface area contributed by atoms with Gasteiger partial charge < -0.3 is 19.1 Å². The molecule has 0 unspecified atom stereocenters. The van der Waals surface area contributed by atoms with Crippen molar-refractivity contribution in [2.24, 2.45) is 0 Å². The summed E-state index contributed by atoms with van der Waals surface area (Å²) in [6.07, 6.45) is 2.00. The van der Waals surface area contributed by atoms with Crippen LogP contribution in [0, 0.1) is 0 Å². The zero-order chi connectivity index (χ0) is 24.1. The summed E-state index contributed by atoms with van der Waals surface area (Å²) < 4.78 is 42.4. The number of piperazine rings is 1. The normalized spacial score (nSPS) is 15.9. The van der Waals surface area contributed by atoms with Crippen LogP contribution in [0.3, 0.4) is 0 Å². The summed E-state index contributed by atoms with van der Waals surface area (Å²) in [6, 6.07) is 12.7. The molecule has 0 N–H and O–H groups in total. The van der Waals surface area contributed by atoms with Crippen LogP contribution >= 0.6 is 0 Å². The predicted octanol–water partition coefficient (Wildman–Crippen LogP) is 2.31. The highest BCUT2D eigenvalue weighted by Gasteiger charge is 2.27. The van der Waals surface area contributed by atoms with Gasteiger partial charge in [-0.3, -0.25) is 14.0 Å². The second-order valence-corrected chi connectivity index (χ2v) is 10.4. The number of ether oxygens (including phenoxy) is 3. The maximum atomic E-state index is 13.0. The molecule has 2 aliphatic rings. The Morgan fingerprint density at radius 1 is 1.03 bits per heavy atom. The lowest BCUT2D eigenvalue weighted by atomic mass is 10.1. The van der Waals surface area contributed by atoms with Crippen molar-refractivity contribution in [3.8, 4) is 17.2 Å². The number of rotatable bonds is 9. The maximum absolute atomic E-state index is 13.0. The fourth-order valence-corrected chi connectivity index (χ4v) is 4.85. The topological polar surface area (TPSA) is 88.6 Å². The Labute approximate surface area is 200 Å². The molecule has 0 saturated carbocycles. The average molecular weight is 490 g/mol. The average Bonchev–Trinajstić information content (AvgIpc) is 3.29. The molecule has 0 atom stereocenters. The summed E-state index contributed by atoms with van der Waals surface area (Å²) in [6.45, 7) is 5.90. The predicted molar refractivity (Wildman–Crippen MR) is 129 cm³/mol. The van der Waals surface area contributed by atoms with E-state index in [1.165, 1.54) is 0 Å². The van der Waals surface area contributed by atoms with Gasteiger partial charge in [-0.15, -0.1) is 0 Å². The highest BCUT2D eigenvalue weighted by Crippen LogP contribution is 2.33. The van der Waals surface area contributed by atoms with E-state index in [2.05, 4.69) is 4.90 Å². The maximum Gasteiger partial charge on any atom is 0.243 e. The second-order valence-electron chi connectivity index (χ2n) is 8.46. The van der Waals surface area contributed by atoms with Crippen LogP contribution in [0.5, 0.6) is 17.2 Å². The number of hydrogen-bond acceptors (Lipinski definition) is 7. The molecule has 1 fully saturated rings. The van der Waals surface area contributed by atoms with E-state index in [-0.39, 0.29) is 19.2 Å². The highest BCUT2D eigenvalue weighted by molar-refractivity contribution is 7.92. The molecule has 2 aromatic carbocycles. The molecule has 34 heavy (non-hydrogen) atoms. The van der Waals surface area contributed by atoms with Crippen molar-refractivity contribution in [1.29, 1.82) is 0 Å². The quantitative estimate of drug-likeness (QED) is 0.534. The number of nitrogens with zero attached hydrogens (tertiary/aromatic N) is 3. The van der Waals surface area contributed by atoms with Crippen molar-refractivity contribution < 1.29 is 27.4 Å². The lowest BCUT2D eigenvalue weighted by Gasteiger charge is -2.35. The van der Waals surface area contributed by atoms with Crippen molar-refractivity contribution >= 4 is 21.6 Å². The van der Waals surface area contributed by atoms with E-state index in [0.29, 0.717) is 44.2 Å². The molecule has 0 radical (unpaired) electrons. The molecule has 2 aromatic rings. The van der Waals surface area contributed by atoms with Crippen LogP contribution in [-0.2, 0) is 21.4 Å². The first-order valence-electron chi connectivity index (χ1n) is 11.4. The van der Waals surface area contributed by atoms with E-state index in [1.807, 2.05) is 25.1 Å². The summed E-state index contributed by atoms with van der Waals surface area (Å²) in [5.41, 5.74) is 1.57. The summed E-state index contributed by atoms with van der Waals surface area (Å²) in [5.74, 6) is 1.98. The SMILES string of the molecule is CCCOc1ccc(N(CC(=O)N2CCN(Cc3ccc4c(c3)OCO4)CC2)S(C)(=O)=O)cc1. The second kappa shape index (κ2) is 10.5. The third-order valence-electron chi connectivity index (χ3n) is 5.84. The fraction of sp³-hybridized carbons (Fsp3) is 0.458. The molecule has 0 spiro atoms. The molecule has 0 aliphatic carbocycles. The fourth-order valence-electron chi connectivity index (χ4n) is 4.00. The molecule has 1 saturated heterocycles. The van der Waals surface area contributed by atoms with Gasteiger partial charge in [-0.2, -0.15) is 0 Å². The third kappa shape index (κ3) is 5.92. The Balaban J connectivity index is 1.33. The number of sulfonamides is 1. The standard InChI is InChI=1S/C24H31N3O6S/c1-3-14-31-21-7-5-20(6-8-21)27(34(2,29)30)17-24(28)26-12-10-25(11-13-26)16-19-4-9-22-23(15-19)33-18-32-22/h4-9,15H,3,10-14,16-18H2,1-2H3. The Morgan fingerprint density at radius 3 is 2.41 bits per heavy atom. The van der Waals surface area contributed by atoms with Gasteiger partial charge in [0.05, 0.1) is 18.6 Å². The van der Waals surface area contributed by atoms with Crippen molar-refractivity contribution in [2.75, 3.05) is 56.7 Å². The first-order chi connectivity index (χ1) is 16.3. The highest BCUT2D eigenvalue weighted by atomic mass is 32.2. The molecule has 0 aromatic heterocycles. The number of carbonyl (C=O) groups is 1. The molecule has 4 rings (SSSR count). The smallest absolute Gasteiger partial charge is 0.243 e. The molecular formula is C24H31N3O6S. The number of benzene rings is 2. The monoisotopic (exact) mass is 489 g/mol. The van der Waals surface area contributed by atoms with Crippen molar-refractivity contribution in [2.45, 2.75) is 19.9 Å². The minimum atomic E-state index is -3.63. The van der Waals surface area contributed by atoms with Crippen molar-refractivity contribution in [3.63, 3.8) is 0 Å². The van der Waals surface area contributed by atoms with Gasteiger partial charge in [0.15, 0.2) is 11.5 Å². The summed E-state index contributed by atoms with van der Waals surface area (Å²) in [5, 5.41) is 0. The largest absolute Gasteiger partial charge is 0.494 e. The van der Waals surface area contributed by atoms with Crippen molar-refractivity contribution in [3.05, 3.63) is 48.0 Å². The van der Waals surface area contributed by atoms with E-state index >= 15 is 0 Å². The Bertz CT molecular complexity index is 1100. The van der Waals surface area contributed by atoms with E-state index < -0.39 is 10.0 Å². The van der Waals surface area contributed by atoms with Crippen LogP contribution in [-0.4, -0.2) is 76.5 Å². The Morgan fingerprint density at radius 2 is 1.74 bits per heavy atom. The van der Waals surface area contributed by atoms with Crippen molar-refractivity contribution in [1.82, 2.24) is 9.80 Å². The van der Waals surface area contributed by atoms with Gasteiger partial charge in [0.25, 0.3) is 0 Å². The molecule has 184 valence electrons. The van der Waals surface area contributed by atoms with Crippen LogP contribution in [0.25, 0.3) is 0 Å². The van der Waals surface area contributed by atoms with Gasteiger partial charge in [-0.1, -0.05) is 13.0 Å². The molecule has 0 bridgehead atoms. The number of fused-ring (bicyclic) bond motifs is 1. The van der Waals surface area contributed by atoms with Crippen LogP contribution in [0.4, 0.5) is 5.69 Å². The van der Waals surface area contributed by atoms with Crippen LogP contribution in [0.15, 0.2) is 42.5 Å². The van der Waals surface area contributed by atoms with Crippen LogP contribution in [0.2, 0.25) is 0 Å². The lowest BCUT2D eigenvalue weighted by Crippen LogP contribution is -2.51. The molecule has 9 nitrogen and oxygen atoms in total. The van der Waals surface area contributed by atoms with Gasteiger partial charge in [0.2, 0.25) is 22.7 Å². The van der Waals surface area contributed by atoms with E-state index in [1.54, 1.807) is 29.2 Å². The number of carbonyl (C=O) groups excluding carboxylic acids is 1. The first kappa shape index (κ1) is 24.2. The number of anilines is 1. The van der Waals surface area contributed by atoms with E-state index in [0.717, 1.165) is 40.6 Å². The van der Waals surface area contributed by atoms with Crippen LogP contribution < -0.4 is 18.5 Å². The van der Waals surface area contributed by atoms with Gasteiger partial charge >= 0.3 is 0 Å². The van der Waals surface area contributed by atoms with Gasteiger partial charge in [0, 0.05) is 32.7 Å². The lowest BCUT2D eigenvalue weighted by molar-refractivity contribution is -0.131. The Hall–Kier alpha value is -2.98. The summed E-state index contributed by atoms with van der Waals surface area (Å²) in [7, 11) is -3.63. The number of hydrogen-bond donors (Lipinski definition) is 0. The van der Waals surface area contributed by atoms with Gasteiger partial charge in [-0.05, 0) is 48.4 Å². The molecule has 2 aliphatic heterocycles. The summed E-state index contributed by atoms with van der Waals surface area (Å²) >= 11 is 0. The zero-order valence-electron chi connectivity index (χ0n) is 19.6. The van der Waals surface area contributed by atoms with E-state index in [4.69, 9.17) is 14.2 Å². The third-order valence-corrected chi connectivity index (χ3v) is 6.99. The molecule has 10 heteroatoms. The van der Waals surface area contributed by atoms with Crippen LogP contribution in [0.1, 0.15) is 18.9 Å².